The van der Waals surface area contributed by atoms with Crippen LogP contribution in [-0.2, 0) is 0 Å². The third kappa shape index (κ3) is 2.86. The van der Waals surface area contributed by atoms with E-state index >= 15 is 0 Å². The first-order valence-corrected chi connectivity index (χ1v) is 7.57. The van der Waals surface area contributed by atoms with Crippen molar-refractivity contribution in [3.8, 4) is 0 Å². The van der Waals surface area contributed by atoms with E-state index in [1.54, 1.807) is 0 Å². The molecule has 2 aromatic rings. The maximum absolute atomic E-state index is 3.53. The fourth-order valence-electron chi connectivity index (χ4n) is 2.48. The van der Waals surface area contributed by atoms with Crippen molar-refractivity contribution < 1.29 is 0 Å². The Labute approximate surface area is 128 Å². The van der Waals surface area contributed by atoms with Crippen LogP contribution in [-0.4, -0.2) is 6.04 Å². The SMILES string of the molecule is BrC1=CC[C@H](N(c2ccccc2)c2ccccc2)C=C1. The molecule has 0 saturated heterocycles. The van der Waals surface area contributed by atoms with E-state index in [4.69, 9.17) is 0 Å². The zero-order valence-electron chi connectivity index (χ0n) is 11.1. The van der Waals surface area contributed by atoms with Gasteiger partial charge < -0.3 is 4.90 Å². The number of rotatable bonds is 3. The van der Waals surface area contributed by atoms with Crippen molar-refractivity contribution in [2.75, 3.05) is 4.90 Å². The average Bonchev–Trinajstić information content (AvgIpc) is 2.52. The highest BCUT2D eigenvalue weighted by atomic mass is 79.9. The fraction of sp³-hybridized carbons (Fsp3) is 0.111. The molecule has 0 heterocycles. The van der Waals surface area contributed by atoms with Gasteiger partial charge in [0.25, 0.3) is 0 Å². The number of benzene rings is 2. The summed E-state index contributed by atoms with van der Waals surface area (Å²) in [5, 5.41) is 0. The van der Waals surface area contributed by atoms with Crippen LogP contribution in [0.5, 0.6) is 0 Å². The minimum absolute atomic E-state index is 0.348. The van der Waals surface area contributed by atoms with E-state index in [1.807, 2.05) is 0 Å². The molecule has 100 valence electrons. The Morgan fingerprint density at radius 1 is 0.850 bits per heavy atom. The summed E-state index contributed by atoms with van der Waals surface area (Å²) in [6.07, 6.45) is 7.61. The van der Waals surface area contributed by atoms with E-state index in [0.29, 0.717) is 6.04 Å². The quantitative estimate of drug-likeness (QED) is 0.727. The van der Waals surface area contributed by atoms with Crippen LogP contribution in [0.1, 0.15) is 6.42 Å². The third-order valence-electron chi connectivity index (χ3n) is 3.43. The fourth-order valence-corrected chi connectivity index (χ4v) is 2.82. The lowest BCUT2D eigenvalue weighted by Gasteiger charge is -2.32. The van der Waals surface area contributed by atoms with Gasteiger partial charge in [0.05, 0.1) is 6.04 Å². The van der Waals surface area contributed by atoms with E-state index in [1.165, 1.54) is 11.4 Å². The van der Waals surface area contributed by atoms with Gasteiger partial charge in [0.2, 0.25) is 0 Å². The van der Waals surface area contributed by atoms with Gasteiger partial charge in [0, 0.05) is 15.9 Å². The zero-order chi connectivity index (χ0) is 13.8. The molecule has 0 N–H and O–H groups in total. The van der Waals surface area contributed by atoms with E-state index in [0.717, 1.165) is 10.9 Å². The van der Waals surface area contributed by atoms with Crippen LogP contribution >= 0.6 is 15.9 Å². The molecule has 1 atom stereocenters. The summed E-state index contributed by atoms with van der Waals surface area (Å²) in [4.78, 5) is 2.38. The van der Waals surface area contributed by atoms with Crippen molar-refractivity contribution in [1.82, 2.24) is 0 Å². The molecule has 0 bridgehead atoms. The molecule has 0 fully saturated rings. The molecule has 0 saturated carbocycles. The Hall–Kier alpha value is -1.80. The smallest absolute Gasteiger partial charge is 0.0560 e. The first-order chi connectivity index (χ1) is 9.84. The van der Waals surface area contributed by atoms with Crippen LogP contribution in [0, 0.1) is 0 Å². The van der Waals surface area contributed by atoms with Gasteiger partial charge in [-0.2, -0.15) is 0 Å². The summed E-state index contributed by atoms with van der Waals surface area (Å²) in [5.74, 6) is 0. The molecular formula is C18H16BrN. The lowest BCUT2D eigenvalue weighted by molar-refractivity contribution is 0.784. The van der Waals surface area contributed by atoms with Crippen molar-refractivity contribution in [3.63, 3.8) is 0 Å². The number of para-hydroxylation sites is 2. The molecule has 20 heavy (non-hydrogen) atoms. The highest BCUT2D eigenvalue weighted by Gasteiger charge is 2.19. The lowest BCUT2D eigenvalue weighted by Crippen LogP contribution is -2.29. The second-order valence-corrected chi connectivity index (χ2v) is 5.71. The molecule has 0 aromatic heterocycles. The normalized spacial score (nSPS) is 17.6. The third-order valence-corrected chi connectivity index (χ3v) is 4.02. The molecule has 2 heteroatoms. The van der Waals surface area contributed by atoms with Crippen LogP contribution in [0.3, 0.4) is 0 Å². The monoisotopic (exact) mass is 325 g/mol. The van der Waals surface area contributed by atoms with Gasteiger partial charge in [-0.25, -0.2) is 0 Å². The van der Waals surface area contributed by atoms with Gasteiger partial charge in [0.1, 0.15) is 0 Å². The molecule has 1 aliphatic carbocycles. The van der Waals surface area contributed by atoms with Crippen molar-refractivity contribution in [2.24, 2.45) is 0 Å². The van der Waals surface area contributed by atoms with Crippen molar-refractivity contribution >= 4 is 27.3 Å². The van der Waals surface area contributed by atoms with Crippen molar-refractivity contribution in [3.05, 3.63) is 83.4 Å². The highest BCUT2D eigenvalue weighted by Crippen LogP contribution is 2.31. The number of halogens is 1. The molecule has 1 nitrogen and oxygen atoms in total. The van der Waals surface area contributed by atoms with E-state index in [-0.39, 0.29) is 0 Å². The second kappa shape index (κ2) is 6.10. The molecule has 2 aromatic carbocycles. The molecule has 0 amide bonds. The molecule has 0 unspecified atom stereocenters. The molecule has 0 radical (unpaired) electrons. The van der Waals surface area contributed by atoms with Crippen molar-refractivity contribution in [1.29, 1.82) is 0 Å². The summed E-state index contributed by atoms with van der Waals surface area (Å²) < 4.78 is 1.16. The number of hydrogen-bond donors (Lipinski definition) is 0. The summed E-state index contributed by atoms with van der Waals surface area (Å²) >= 11 is 3.53. The molecule has 1 aliphatic rings. The van der Waals surface area contributed by atoms with Crippen LogP contribution in [0.4, 0.5) is 11.4 Å². The molecule has 3 rings (SSSR count). The molecule has 0 aliphatic heterocycles. The standard InChI is InChI=1S/C18H16BrN/c19-15-11-13-18(14-12-15)20(16-7-3-1-4-8-16)17-9-5-2-6-10-17/h1-13,18H,14H2/t18-/m1/s1. The Morgan fingerprint density at radius 3 is 1.85 bits per heavy atom. The summed E-state index contributed by atoms with van der Waals surface area (Å²) in [7, 11) is 0. The maximum Gasteiger partial charge on any atom is 0.0560 e. The van der Waals surface area contributed by atoms with Crippen LogP contribution in [0.25, 0.3) is 0 Å². The van der Waals surface area contributed by atoms with Gasteiger partial charge in [-0.05, 0) is 30.7 Å². The topological polar surface area (TPSA) is 3.24 Å². The summed E-state index contributed by atoms with van der Waals surface area (Å²) in [5.41, 5.74) is 2.44. The van der Waals surface area contributed by atoms with Gasteiger partial charge >= 0.3 is 0 Å². The van der Waals surface area contributed by atoms with Gasteiger partial charge in [0.15, 0.2) is 0 Å². The van der Waals surface area contributed by atoms with Gasteiger partial charge in [-0.3, -0.25) is 0 Å². The first kappa shape index (κ1) is 13.2. The van der Waals surface area contributed by atoms with Crippen LogP contribution in [0.2, 0.25) is 0 Å². The Bertz CT molecular complexity index is 577. The minimum Gasteiger partial charge on any atom is -0.334 e. The van der Waals surface area contributed by atoms with E-state index in [2.05, 4.69) is 99.7 Å². The van der Waals surface area contributed by atoms with Crippen LogP contribution in [0.15, 0.2) is 83.4 Å². The minimum atomic E-state index is 0.348. The maximum atomic E-state index is 3.53. The average molecular weight is 326 g/mol. The Balaban J connectivity index is 1.99. The largest absolute Gasteiger partial charge is 0.334 e. The number of anilines is 2. The van der Waals surface area contributed by atoms with Gasteiger partial charge in [-0.15, -0.1) is 0 Å². The van der Waals surface area contributed by atoms with Gasteiger partial charge in [-0.1, -0.05) is 70.6 Å². The Kier molecular flexibility index (Phi) is 4.03. The molecular weight excluding hydrogens is 310 g/mol. The second-order valence-electron chi connectivity index (χ2n) is 4.79. The van der Waals surface area contributed by atoms with E-state index < -0.39 is 0 Å². The van der Waals surface area contributed by atoms with Crippen molar-refractivity contribution in [2.45, 2.75) is 12.5 Å². The lowest BCUT2D eigenvalue weighted by atomic mass is 10.0. The number of nitrogens with zero attached hydrogens (tertiary/aromatic N) is 1. The highest BCUT2D eigenvalue weighted by molar-refractivity contribution is 9.11. The molecule has 0 spiro atoms. The first-order valence-electron chi connectivity index (χ1n) is 6.78. The Morgan fingerprint density at radius 2 is 1.40 bits per heavy atom. The zero-order valence-corrected chi connectivity index (χ0v) is 12.7. The van der Waals surface area contributed by atoms with Crippen LogP contribution < -0.4 is 4.90 Å². The predicted octanol–water partition coefficient (Wildman–Crippen LogP) is 5.43. The predicted molar refractivity (Wildman–Crippen MR) is 89.6 cm³/mol. The van der Waals surface area contributed by atoms with E-state index in [9.17, 15) is 0 Å². The summed E-state index contributed by atoms with van der Waals surface area (Å²) in [6.45, 7) is 0. The number of allylic oxidation sites excluding steroid dienone is 2. The number of hydrogen-bond acceptors (Lipinski definition) is 1. The summed E-state index contributed by atoms with van der Waals surface area (Å²) in [6, 6.07) is 21.5.